The van der Waals surface area contributed by atoms with E-state index in [1.165, 1.54) is 19.2 Å². The van der Waals surface area contributed by atoms with Gasteiger partial charge in [-0.15, -0.1) is 0 Å². The average molecular weight is 484 g/mol. The van der Waals surface area contributed by atoms with Crippen molar-refractivity contribution in [3.05, 3.63) is 72.3 Å². The molecule has 0 atom stereocenters. The smallest absolute Gasteiger partial charge is 0.387 e. The monoisotopic (exact) mass is 484 g/mol. The van der Waals surface area contributed by atoms with Gasteiger partial charge in [0.1, 0.15) is 17.2 Å². The van der Waals surface area contributed by atoms with Crippen molar-refractivity contribution in [1.29, 1.82) is 0 Å². The number of methoxy groups -OCH3 is 2. The minimum absolute atomic E-state index is 0.00981. The molecule has 0 bridgehead atoms. The Balaban J connectivity index is 1.57. The molecule has 3 rings (SSSR count). The van der Waals surface area contributed by atoms with Gasteiger partial charge in [-0.3, -0.25) is 9.59 Å². The molecular formula is C26H26F2N2O5. The van der Waals surface area contributed by atoms with Gasteiger partial charge in [0, 0.05) is 29.8 Å². The molecular weight excluding hydrogens is 458 g/mol. The third kappa shape index (κ3) is 7.43. The van der Waals surface area contributed by atoms with Gasteiger partial charge in [-0.1, -0.05) is 12.1 Å². The maximum absolute atomic E-state index is 12.9. The Morgan fingerprint density at radius 2 is 1.51 bits per heavy atom. The second-order valence-corrected chi connectivity index (χ2v) is 7.45. The summed E-state index contributed by atoms with van der Waals surface area (Å²) in [6, 6.07) is 18.0. The first-order chi connectivity index (χ1) is 16.9. The van der Waals surface area contributed by atoms with Crippen LogP contribution in [0.4, 0.5) is 14.5 Å². The highest BCUT2D eigenvalue weighted by Crippen LogP contribution is 2.34. The molecule has 7 nitrogen and oxygen atoms in total. The molecule has 35 heavy (non-hydrogen) atoms. The zero-order valence-corrected chi connectivity index (χ0v) is 19.3. The lowest BCUT2D eigenvalue weighted by Gasteiger charge is -2.14. The van der Waals surface area contributed by atoms with Crippen LogP contribution in [0, 0.1) is 0 Å². The summed E-state index contributed by atoms with van der Waals surface area (Å²) in [7, 11) is 3.08. The minimum atomic E-state index is -2.99. The second-order valence-electron chi connectivity index (χ2n) is 7.45. The largest absolute Gasteiger partial charge is 0.497 e. The van der Waals surface area contributed by atoms with Gasteiger partial charge in [-0.2, -0.15) is 8.78 Å². The van der Waals surface area contributed by atoms with Crippen LogP contribution in [0.3, 0.4) is 0 Å². The number of anilines is 1. The lowest BCUT2D eigenvalue weighted by Crippen LogP contribution is -2.25. The van der Waals surface area contributed by atoms with Gasteiger partial charge in [0.2, 0.25) is 5.91 Å². The fourth-order valence-corrected chi connectivity index (χ4v) is 3.32. The van der Waals surface area contributed by atoms with E-state index in [9.17, 15) is 18.4 Å². The Kier molecular flexibility index (Phi) is 9.00. The topological polar surface area (TPSA) is 85.9 Å². The van der Waals surface area contributed by atoms with Crippen LogP contribution in [0.5, 0.6) is 17.2 Å². The van der Waals surface area contributed by atoms with E-state index < -0.39 is 6.61 Å². The molecule has 3 aromatic carbocycles. The molecule has 9 heteroatoms. The number of halogens is 2. The summed E-state index contributed by atoms with van der Waals surface area (Å²) in [5.41, 5.74) is 1.95. The summed E-state index contributed by atoms with van der Waals surface area (Å²) in [4.78, 5) is 24.6. The zero-order valence-electron chi connectivity index (χ0n) is 19.3. The predicted octanol–water partition coefficient (Wildman–Crippen LogP) is 5.12. The Hall–Kier alpha value is -4.14. The van der Waals surface area contributed by atoms with Crippen molar-refractivity contribution in [1.82, 2.24) is 5.32 Å². The van der Waals surface area contributed by atoms with E-state index >= 15 is 0 Å². The van der Waals surface area contributed by atoms with E-state index in [1.54, 1.807) is 61.7 Å². The molecule has 0 radical (unpaired) electrons. The number of nitrogens with one attached hydrogen (secondary N) is 2. The number of amides is 2. The van der Waals surface area contributed by atoms with Crippen LogP contribution in [-0.2, 0) is 4.79 Å². The predicted molar refractivity (Wildman–Crippen MR) is 128 cm³/mol. The molecule has 0 spiro atoms. The fraction of sp³-hybridized carbons (Fsp3) is 0.231. The van der Waals surface area contributed by atoms with Crippen LogP contribution in [0.1, 0.15) is 23.2 Å². The van der Waals surface area contributed by atoms with Gasteiger partial charge in [0.25, 0.3) is 5.91 Å². The molecule has 0 aromatic heterocycles. The minimum Gasteiger partial charge on any atom is -0.497 e. The summed E-state index contributed by atoms with van der Waals surface area (Å²) in [5.74, 6) is 0.749. The molecule has 0 saturated heterocycles. The Bertz CT molecular complexity index is 1140. The fourth-order valence-electron chi connectivity index (χ4n) is 3.32. The Morgan fingerprint density at radius 1 is 0.886 bits per heavy atom. The lowest BCUT2D eigenvalue weighted by molar-refractivity contribution is -0.116. The van der Waals surface area contributed by atoms with Gasteiger partial charge in [-0.05, 0) is 66.6 Å². The van der Waals surface area contributed by atoms with Gasteiger partial charge in [0.15, 0.2) is 0 Å². The highest BCUT2D eigenvalue weighted by molar-refractivity contribution is 5.94. The van der Waals surface area contributed by atoms with E-state index in [-0.39, 0.29) is 24.0 Å². The van der Waals surface area contributed by atoms with Gasteiger partial charge in [0.05, 0.1) is 14.2 Å². The van der Waals surface area contributed by atoms with Crippen molar-refractivity contribution < 1.29 is 32.6 Å². The molecule has 0 unspecified atom stereocenters. The summed E-state index contributed by atoms with van der Waals surface area (Å²) < 4.78 is 40.6. The number of carbonyl (C=O) groups excluding carboxylic acids is 2. The molecule has 2 N–H and O–H groups in total. The third-order valence-electron chi connectivity index (χ3n) is 5.10. The third-order valence-corrected chi connectivity index (χ3v) is 5.10. The second kappa shape index (κ2) is 12.4. The van der Waals surface area contributed by atoms with E-state index in [2.05, 4.69) is 15.4 Å². The summed E-state index contributed by atoms with van der Waals surface area (Å²) >= 11 is 0. The molecule has 0 aliphatic rings. The Morgan fingerprint density at radius 3 is 2.11 bits per heavy atom. The van der Waals surface area contributed by atoms with E-state index in [4.69, 9.17) is 9.47 Å². The quantitative estimate of drug-likeness (QED) is 0.369. The van der Waals surface area contributed by atoms with E-state index in [1.807, 2.05) is 0 Å². The van der Waals surface area contributed by atoms with Crippen LogP contribution >= 0.6 is 0 Å². The molecule has 184 valence electrons. The Labute approximate surface area is 202 Å². The highest BCUT2D eigenvalue weighted by atomic mass is 19.3. The summed E-state index contributed by atoms with van der Waals surface area (Å²) in [6.07, 6.45) is 0.585. The number of carbonyl (C=O) groups is 2. The standard InChI is InChI=1S/C26H26F2N2O5/c1-33-20-10-5-17(6-11-20)22-16-19(9-14-23(22)35-26(27)28)30-24(31)4-3-15-29-25(32)18-7-12-21(34-2)13-8-18/h5-14,16,26H,3-4,15H2,1-2H3,(H,29,32)(H,30,31). The first-order valence-electron chi connectivity index (χ1n) is 10.8. The molecule has 0 heterocycles. The number of ether oxygens (including phenoxy) is 3. The maximum atomic E-state index is 12.9. The van der Waals surface area contributed by atoms with Crippen molar-refractivity contribution in [3.63, 3.8) is 0 Å². The molecule has 0 aliphatic heterocycles. The molecule has 2 amide bonds. The molecule has 0 fully saturated rings. The maximum Gasteiger partial charge on any atom is 0.387 e. The molecule has 0 aliphatic carbocycles. The van der Waals surface area contributed by atoms with Crippen LogP contribution in [0.2, 0.25) is 0 Å². The van der Waals surface area contributed by atoms with Crippen LogP contribution in [0.15, 0.2) is 66.7 Å². The molecule has 0 saturated carbocycles. The van der Waals surface area contributed by atoms with Crippen LogP contribution in [-0.4, -0.2) is 39.2 Å². The SMILES string of the molecule is COc1ccc(C(=O)NCCCC(=O)Nc2ccc(OC(F)F)c(-c3ccc(OC)cc3)c2)cc1. The van der Waals surface area contributed by atoms with Crippen molar-refractivity contribution in [2.24, 2.45) is 0 Å². The van der Waals surface area contributed by atoms with E-state index in [0.717, 1.165) is 0 Å². The summed E-state index contributed by atoms with van der Waals surface area (Å²) in [6.45, 7) is -2.67. The number of hydrogen-bond acceptors (Lipinski definition) is 5. The van der Waals surface area contributed by atoms with Crippen molar-refractivity contribution in [2.75, 3.05) is 26.1 Å². The van der Waals surface area contributed by atoms with Gasteiger partial charge in [-0.25, -0.2) is 0 Å². The van der Waals surface area contributed by atoms with Gasteiger partial charge < -0.3 is 24.8 Å². The number of alkyl halides is 2. The van der Waals surface area contributed by atoms with Crippen molar-refractivity contribution in [2.45, 2.75) is 19.5 Å². The first kappa shape index (κ1) is 25.5. The zero-order chi connectivity index (χ0) is 25.2. The summed E-state index contributed by atoms with van der Waals surface area (Å²) in [5, 5.41) is 5.52. The lowest BCUT2D eigenvalue weighted by atomic mass is 10.0. The van der Waals surface area contributed by atoms with Crippen molar-refractivity contribution >= 4 is 17.5 Å². The van der Waals surface area contributed by atoms with Crippen LogP contribution < -0.4 is 24.8 Å². The normalized spacial score (nSPS) is 10.5. The first-order valence-corrected chi connectivity index (χ1v) is 10.8. The van der Waals surface area contributed by atoms with Gasteiger partial charge >= 0.3 is 6.61 Å². The van der Waals surface area contributed by atoms with Crippen molar-refractivity contribution in [3.8, 4) is 28.4 Å². The number of benzene rings is 3. The van der Waals surface area contributed by atoms with Crippen LogP contribution in [0.25, 0.3) is 11.1 Å². The van der Waals surface area contributed by atoms with E-state index in [0.29, 0.717) is 46.8 Å². The average Bonchev–Trinajstić information content (AvgIpc) is 2.87. The molecule has 3 aromatic rings. The number of hydrogen-bond donors (Lipinski definition) is 2. The number of rotatable bonds is 11. The highest BCUT2D eigenvalue weighted by Gasteiger charge is 2.14.